The molecular formula is C18H13FN6OS2. The van der Waals surface area contributed by atoms with Gasteiger partial charge in [-0.2, -0.15) is 14.0 Å². The van der Waals surface area contributed by atoms with Crippen LogP contribution in [0.4, 0.5) is 10.2 Å². The molecule has 0 aromatic carbocycles. The summed E-state index contributed by atoms with van der Waals surface area (Å²) in [5.41, 5.74) is 2.45. The molecule has 0 bridgehead atoms. The molecule has 140 valence electrons. The summed E-state index contributed by atoms with van der Waals surface area (Å²) in [6, 6.07) is 5.28. The number of thioether (sulfide) groups is 1. The third-order valence-electron chi connectivity index (χ3n) is 4.38. The Hall–Kier alpha value is -2.85. The van der Waals surface area contributed by atoms with Crippen molar-refractivity contribution in [2.45, 2.75) is 18.9 Å². The van der Waals surface area contributed by atoms with E-state index >= 15 is 0 Å². The summed E-state index contributed by atoms with van der Waals surface area (Å²) in [7, 11) is 0. The van der Waals surface area contributed by atoms with Gasteiger partial charge in [-0.25, -0.2) is 9.97 Å². The van der Waals surface area contributed by atoms with Gasteiger partial charge in [0.15, 0.2) is 5.65 Å². The quantitative estimate of drug-likeness (QED) is 0.387. The highest BCUT2D eigenvalue weighted by molar-refractivity contribution is 8.26. The molecule has 2 N–H and O–H groups in total. The number of nitrogens with zero attached hydrogens (tertiary/aromatic N) is 4. The number of hydrogen-bond donors (Lipinski definition) is 2. The predicted molar refractivity (Wildman–Crippen MR) is 109 cm³/mol. The van der Waals surface area contributed by atoms with Crippen LogP contribution in [-0.2, 0) is 4.79 Å². The van der Waals surface area contributed by atoms with Crippen molar-refractivity contribution in [3.63, 3.8) is 0 Å². The van der Waals surface area contributed by atoms with Gasteiger partial charge in [0.1, 0.15) is 10.1 Å². The van der Waals surface area contributed by atoms with Crippen molar-refractivity contribution in [2.75, 3.05) is 5.32 Å². The fourth-order valence-electron chi connectivity index (χ4n) is 2.89. The molecule has 1 saturated carbocycles. The third-order valence-corrected chi connectivity index (χ3v) is 5.54. The van der Waals surface area contributed by atoms with Crippen LogP contribution in [0.2, 0.25) is 0 Å². The molecule has 0 radical (unpaired) electrons. The molecule has 1 amide bonds. The van der Waals surface area contributed by atoms with Gasteiger partial charge >= 0.3 is 0 Å². The van der Waals surface area contributed by atoms with Crippen LogP contribution in [-0.4, -0.2) is 35.9 Å². The van der Waals surface area contributed by atoms with Gasteiger partial charge in [0.2, 0.25) is 5.95 Å². The van der Waals surface area contributed by atoms with Crippen LogP contribution in [0.5, 0.6) is 0 Å². The number of carbonyl (C=O) groups is 1. The van der Waals surface area contributed by atoms with Gasteiger partial charge in [0.05, 0.1) is 16.8 Å². The first-order valence-electron chi connectivity index (χ1n) is 8.59. The van der Waals surface area contributed by atoms with E-state index in [1.165, 1.54) is 24.0 Å². The fourth-order valence-corrected chi connectivity index (χ4v) is 3.93. The van der Waals surface area contributed by atoms with Gasteiger partial charge in [0, 0.05) is 35.5 Å². The Labute approximate surface area is 168 Å². The van der Waals surface area contributed by atoms with Gasteiger partial charge in [0.25, 0.3) is 5.91 Å². The lowest BCUT2D eigenvalue weighted by atomic mass is 10.2. The zero-order chi connectivity index (χ0) is 19.3. The van der Waals surface area contributed by atoms with E-state index in [1.807, 2.05) is 6.07 Å². The molecule has 7 nitrogen and oxygen atoms in total. The average molecular weight is 412 g/mol. The summed E-state index contributed by atoms with van der Waals surface area (Å²) < 4.78 is 15.7. The van der Waals surface area contributed by atoms with Gasteiger partial charge in [-0.05, 0) is 25.0 Å². The smallest absolute Gasteiger partial charge is 0.263 e. The molecule has 0 spiro atoms. The molecule has 3 aromatic rings. The second kappa shape index (κ2) is 6.64. The Balaban J connectivity index is 1.66. The molecule has 2 fully saturated rings. The molecular weight excluding hydrogens is 399 g/mol. The van der Waals surface area contributed by atoms with Crippen molar-refractivity contribution in [1.82, 2.24) is 24.9 Å². The number of anilines is 1. The molecule has 1 aliphatic heterocycles. The summed E-state index contributed by atoms with van der Waals surface area (Å²) in [6.07, 6.45) is 6.96. The standard InChI is InChI=1S/C18H13FN6OS2/c19-14-6-9(3-4-20-14)12-7-15(22-11-1-2-11)25-16(23-12)10(8-21-25)5-13-17(26)24-18(27)28-13/h3-8,11,22H,1-2H2,(H,24,26,27)/b13-5+. The van der Waals surface area contributed by atoms with Gasteiger partial charge < -0.3 is 10.6 Å². The largest absolute Gasteiger partial charge is 0.367 e. The van der Waals surface area contributed by atoms with Crippen LogP contribution in [0.15, 0.2) is 35.5 Å². The van der Waals surface area contributed by atoms with Crippen LogP contribution in [0.3, 0.4) is 0 Å². The second-order valence-electron chi connectivity index (χ2n) is 6.50. The lowest BCUT2D eigenvalue weighted by Gasteiger charge is -2.10. The molecule has 10 heteroatoms. The normalized spacial score (nSPS) is 18.1. The molecule has 0 unspecified atom stereocenters. The Morgan fingerprint density at radius 1 is 1.39 bits per heavy atom. The van der Waals surface area contributed by atoms with E-state index in [1.54, 1.807) is 22.9 Å². The van der Waals surface area contributed by atoms with E-state index in [-0.39, 0.29) is 5.91 Å². The Morgan fingerprint density at radius 3 is 2.96 bits per heavy atom. The molecule has 28 heavy (non-hydrogen) atoms. The Morgan fingerprint density at radius 2 is 2.25 bits per heavy atom. The summed E-state index contributed by atoms with van der Waals surface area (Å²) >= 11 is 6.24. The van der Waals surface area contributed by atoms with Crippen molar-refractivity contribution < 1.29 is 9.18 Å². The SMILES string of the molecule is O=C1NC(=S)S/C1=C/c1cnn2c(NC3CC3)cc(-c3ccnc(F)c3)nc12. The molecule has 1 saturated heterocycles. The first-order valence-corrected chi connectivity index (χ1v) is 9.81. The van der Waals surface area contributed by atoms with Crippen molar-refractivity contribution in [1.29, 1.82) is 0 Å². The summed E-state index contributed by atoms with van der Waals surface area (Å²) in [4.78, 5) is 20.8. The van der Waals surface area contributed by atoms with Crippen LogP contribution >= 0.6 is 24.0 Å². The minimum atomic E-state index is -0.570. The summed E-state index contributed by atoms with van der Waals surface area (Å²) in [5.74, 6) is -0.0410. The maximum atomic E-state index is 13.6. The Kier molecular flexibility index (Phi) is 4.09. The fraction of sp³-hybridized carbons (Fsp3) is 0.167. The average Bonchev–Trinajstić information content (AvgIpc) is 3.30. The molecule has 5 rings (SSSR count). The lowest BCUT2D eigenvalue weighted by molar-refractivity contribution is -0.115. The van der Waals surface area contributed by atoms with Crippen LogP contribution < -0.4 is 10.6 Å². The van der Waals surface area contributed by atoms with E-state index in [0.717, 1.165) is 18.7 Å². The minimum Gasteiger partial charge on any atom is -0.367 e. The number of hydrogen-bond acceptors (Lipinski definition) is 7. The molecule has 4 heterocycles. The highest BCUT2D eigenvalue weighted by Crippen LogP contribution is 2.31. The molecule has 2 aliphatic rings. The van der Waals surface area contributed by atoms with Crippen LogP contribution in [0.1, 0.15) is 18.4 Å². The zero-order valence-electron chi connectivity index (χ0n) is 14.3. The van der Waals surface area contributed by atoms with Crippen LogP contribution in [0.25, 0.3) is 23.0 Å². The number of pyridine rings is 1. The predicted octanol–water partition coefficient (Wildman–Crippen LogP) is 2.99. The number of amides is 1. The summed E-state index contributed by atoms with van der Waals surface area (Å²) in [5, 5.41) is 10.5. The van der Waals surface area contributed by atoms with Crippen molar-refractivity contribution in [2.24, 2.45) is 0 Å². The first kappa shape index (κ1) is 17.3. The molecule has 1 aliphatic carbocycles. The number of halogens is 1. The first-order chi connectivity index (χ1) is 13.6. The number of rotatable bonds is 4. The maximum absolute atomic E-state index is 13.6. The number of carbonyl (C=O) groups excluding carboxylic acids is 1. The van der Waals surface area contributed by atoms with E-state index < -0.39 is 5.95 Å². The van der Waals surface area contributed by atoms with E-state index in [2.05, 4.69) is 25.7 Å². The number of nitrogens with one attached hydrogen (secondary N) is 2. The number of aromatic nitrogens is 4. The van der Waals surface area contributed by atoms with E-state index in [0.29, 0.717) is 37.7 Å². The molecule has 0 atom stereocenters. The van der Waals surface area contributed by atoms with Gasteiger partial charge in [-0.1, -0.05) is 24.0 Å². The second-order valence-corrected chi connectivity index (χ2v) is 8.22. The minimum absolute atomic E-state index is 0.238. The van der Waals surface area contributed by atoms with E-state index in [4.69, 9.17) is 12.2 Å². The Bertz CT molecular complexity index is 1170. The summed E-state index contributed by atoms with van der Waals surface area (Å²) in [6.45, 7) is 0. The number of thiocarbonyl (C=S) groups is 1. The van der Waals surface area contributed by atoms with Gasteiger partial charge in [-0.15, -0.1) is 0 Å². The highest BCUT2D eigenvalue weighted by atomic mass is 32.2. The van der Waals surface area contributed by atoms with Crippen molar-refractivity contribution >= 4 is 51.7 Å². The van der Waals surface area contributed by atoms with Gasteiger partial charge in [-0.3, -0.25) is 4.79 Å². The number of fused-ring (bicyclic) bond motifs is 1. The van der Waals surface area contributed by atoms with Crippen molar-refractivity contribution in [3.8, 4) is 11.3 Å². The topological polar surface area (TPSA) is 84.2 Å². The molecule has 3 aromatic heterocycles. The van der Waals surface area contributed by atoms with Crippen LogP contribution in [0, 0.1) is 5.95 Å². The monoisotopic (exact) mass is 412 g/mol. The van der Waals surface area contributed by atoms with Crippen molar-refractivity contribution in [3.05, 3.63) is 47.0 Å². The zero-order valence-corrected chi connectivity index (χ0v) is 16.0. The highest BCUT2D eigenvalue weighted by Gasteiger charge is 2.25. The lowest BCUT2D eigenvalue weighted by Crippen LogP contribution is -2.17. The maximum Gasteiger partial charge on any atom is 0.263 e. The van der Waals surface area contributed by atoms with E-state index in [9.17, 15) is 9.18 Å². The third kappa shape index (κ3) is 3.25.